The second kappa shape index (κ2) is 7.59. The first kappa shape index (κ1) is 18.8. The van der Waals surface area contributed by atoms with Gasteiger partial charge in [-0.1, -0.05) is 46.3 Å². The van der Waals surface area contributed by atoms with Crippen LogP contribution >= 0.6 is 27.3 Å². The quantitative estimate of drug-likeness (QED) is 0.434. The molecule has 1 aliphatic rings. The molecule has 0 radical (unpaired) electrons. The number of aromatic hydroxyl groups is 1. The molecule has 3 aromatic heterocycles. The van der Waals surface area contributed by atoms with Gasteiger partial charge in [-0.2, -0.15) is 9.50 Å². The molecule has 2 atom stereocenters. The van der Waals surface area contributed by atoms with Crippen molar-refractivity contribution in [3.63, 3.8) is 0 Å². The molecule has 5 rings (SSSR count). The lowest BCUT2D eigenvalue weighted by molar-refractivity contribution is 0.149. The number of hydrogen-bond donors (Lipinski definition) is 1. The van der Waals surface area contributed by atoms with Crippen molar-refractivity contribution < 1.29 is 9.52 Å². The van der Waals surface area contributed by atoms with Gasteiger partial charge >= 0.3 is 0 Å². The Labute approximate surface area is 180 Å². The summed E-state index contributed by atoms with van der Waals surface area (Å²) in [5.41, 5.74) is 1.16. The minimum atomic E-state index is -0.0218. The molecule has 0 unspecified atom stereocenters. The minimum Gasteiger partial charge on any atom is -0.492 e. The number of rotatable bonds is 4. The van der Waals surface area contributed by atoms with E-state index in [2.05, 4.69) is 62.1 Å². The normalized spacial score (nSPS) is 19.0. The van der Waals surface area contributed by atoms with E-state index in [1.165, 1.54) is 28.7 Å². The van der Waals surface area contributed by atoms with Gasteiger partial charge in [0.25, 0.3) is 0 Å². The van der Waals surface area contributed by atoms with Crippen LogP contribution in [0.2, 0.25) is 0 Å². The highest BCUT2D eigenvalue weighted by molar-refractivity contribution is 9.10. The number of benzene rings is 1. The van der Waals surface area contributed by atoms with E-state index in [0.29, 0.717) is 22.5 Å². The van der Waals surface area contributed by atoms with Crippen LogP contribution in [-0.2, 0) is 0 Å². The molecule has 150 valence electrons. The fraction of sp³-hybridized carbons (Fsp3) is 0.333. The van der Waals surface area contributed by atoms with Crippen LogP contribution in [0, 0.1) is 5.92 Å². The Morgan fingerprint density at radius 3 is 2.79 bits per heavy atom. The highest BCUT2D eigenvalue weighted by Crippen LogP contribution is 2.42. The molecule has 0 bridgehead atoms. The monoisotopic (exact) mass is 472 g/mol. The number of piperidine rings is 1. The average molecular weight is 473 g/mol. The van der Waals surface area contributed by atoms with E-state index in [-0.39, 0.29) is 11.9 Å². The van der Waals surface area contributed by atoms with Gasteiger partial charge in [0.15, 0.2) is 5.76 Å². The third-order valence-corrected chi connectivity index (χ3v) is 7.03. The zero-order valence-corrected chi connectivity index (χ0v) is 18.4. The van der Waals surface area contributed by atoms with Gasteiger partial charge in [0, 0.05) is 11.0 Å². The fourth-order valence-electron chi connectivity index (χ4n) is 4.07. The van der Waals surface area contributed by atoms with Crippen molar-refractivity contribution >= 4 is 32.2 Å². The summed E-state index contributed by atoms with van der Waals surface area (Å²) < 4.78 is 7.96. The smallest absolute Gasteiger partial charge is 0.230 e. The molecule has 0 saturated carbocycles. The van der Waals surface area contributed by atoms with Gasteiger partial charge in [0.1, 0.15) is 0 Å². The Hall–Kier alpha value is -2.16. The van der Waals surface area contributed by atoms with Crippen molar-refractivity contribution in [2.24, 2.45) is 5.92 Å². The second-order valence-corrected chi connectivity index (χ2v) is 9.52. The molecule has 0 amide bonds. The summed E-state index contributed by atoms with van der Waals surface area (Å²) in [5.74, 6) is 1.86. The van der Waals surface area contributed by atoms with E-state index in [0.717, 1.165) is 28.0 Å². The highest BCUT2D eigenvalue weighted by atomic mass is 79.9. The third kappa shape index (κ3) is 3.49. The zero-order valence-electron chi connectivity index (χ0n) is 16.0. The van der Waals surface area contributed by atoms with Crippen molar-refractivity contribution in [3.8, 4) is 17.5 Å². The lowest BCUT2D eigenvalue weighted by atomic mass is 9.95. The van der Waals surface area contributed by atoms with Crippen LogP contribution in [-0.4, -0.2) is 37.7 Å². The van der Waals surface area contributed by atoms with Gasteiger partial charge in [-0.15, -0.1) is 5.10 Å². The molecule has 0 spiro atoms. The maximum Gasteiger partial charge on any atom is 0.230 e. The maximum atomic E-state index is 11.1. The molecule has 29 heavy (non-hydrogen) atoms. The molecule has 0 aliphatic carbocycles. The van der Waals surface area contributed by atoms with Crippen LogP contribution < -0.4 is 0 Å². The summed E-state index contributed by atoms with van der Waals surface area (Å²) in [7, 11) is 0. The minimum absolute atomic E-state index is 0.0218. The standard InChI is InChI=1S/C21H21BrN4O2S/c1-13-4-2-10-25(12-13)17(14-6-8-15(22)9-7-14)18-20(27)26-21(29-18)23-19(24-26)16-5-3-11-28-16/h3,5-9,11,13,17,27H,2,4,10,12H2,1H3/t13-,17+/m0/s1. The SMILES string of the molecule is C[C@H]1CCCN([C@H](c2ccc(Br)cc2)c2sc3nc(-c4ccco4)nn3c2O)C1. The Balaban J connectivity index is 1.59. The molecule has 1 aliphatic heterocycles. The first-order chi connectivity index (χ1) is 14.1. The first-order valence-corrected chi connectivity index (χ1v) is 11.3. The van der Waals surface area contributed by atoms with Crippen LogP contribution in [0.5, 0.6) is 5.88 Å². The highest BCUT2D eigenvalue weighted by Gasteiger charge is 2.32. The van der Waals surface area contributed by atoms with Crippen LogP contribution in [0.1, 0.15) is 36.2 Å². The number of aromatic nitrogens is 3. The summed E-state index contributed by atoms with van der Waals surface area (Å²) in [6.45, 7) is 4.31. The van der Waals surface area contributed by atoms with E-state index >= 15 is 0 Å². The molecular formula is C21H21BrN4O2S. The zero-order chi connectivity index (χ0) is 20.0. The number of furan rings is 1. The molecule has 6 nitrogen and oxygen atoms in total. The average Bonchev–Trinajstić information content (AvgIpc) is 3.43. The Bertz CT molecular complexity index is 1120. The van der Waals surface area contributed by atoms with E-state index in [9.17, 15) is 5.11 Å². The summed E-state index contributed by atoms with van der Waals surface area (Å²) >= 11 is 5.01. The summed E-state index contributed by atoms with van der Waals surface area (Å²) in [6, 6.07) is 12.0. The largest absolute Gasteiger partial charge is 0.492 e. The van der Waals surface area contributed by atoms with Gasteiger partial charge in [0.2, 0.25) is 16.7 Å². The van der Waals surface area contributed by atoms with Crippen molar-refractivity contribution in [2.75, 3.05) is 13.1 Å². The number of nitrogens with zero attached hydrogens (tertiary/aromatic N) is 4. The molecule has 4 heterocycles. The van der Waals surface area contributed by atoms with Gasteiger partial charge in [-0.05, 0) is 55.1 Å². The lowest BCUT2D eigenvalue weighted by Crippen LogP contribution is -2.37. The predicted molar refractivity (Wildman–Crippen MR) is 116 cm³/mol. The molecular weight excluding hydrogens is 452 g/mol. The Morgan fingerprint density at radius 2 is 2.10 bits per heavy atom. The summed E-state index contributed by atoms with van der Waals surface area (Å²) in [6.07, 6.45) is 4.01. The van der Waals surface area contributed by atoms with Crippen molar-refractivity contribution in [1.82, 2.24) is 19.5 Å². The predicted octanol–water partition coefficient (Wildman–Crippen LogP) is 5.34. The molecule has 1 fully saturated rings. The van der Waals surface area contributed by atoms with Crippen LogP contribution in [0.25, 0.3) is 16.5 Å². The van der Waals surface area contributed by atoms with E-state index in [1.54, 1.807) is 12.3 Å². The summed E-state index contributed by atoms with van der Waals surface area (Å²) in [5, 5.41) is 15.6. The van der Waals surface area contributed by atoms with Crippen LogP contribution in [0.3, 0.4) is 0 Å². The van der Waals surface area contributed by atoms with E-state index in [4.69, 9.17) is 4.42 Å². The molecule has 8 heteroatoms. The van der Waals surface area contributed by atoms with Gasteiger partial charge in [-0.3, -0.25) is 4.90 Å². The van der Waals surface area contributed by atoms with Gasteiger partial charge in [-0.25, -0.2) is 0 Å². The molecule has 1 aromatic carbocycles. The molecule has 1 N–H and O–H groups in total. The Morgan fingerprint density at radius 1 is 1.28 bits per heavy atom. The number of hydrogen-bond acceptors (Lipinski definition) is 6. The number of likely N-dealkylation sites (tertiary alicyclic amines) is 1. The first-order valence-electron chi connectivity index (χ1n) is 9.72. The summed E-state index contributed by atoms with van der Waals surface area (Å²) in [4.78, 5) is 8.59. The topological polar surface area (TPSA) is 66.8 Å². The maximum absolute atomic E-state index is 11.1. The molecule has 4 aromatic rings. The lowest BCUT2D eigenvalue weighted by Gasteiger charge is -2.37. The Kier molecular flexibility index (Phi) is 4.93. The number of fused-ring (bicyclic) bond motifs is 1. The fourth-order valence-corrected chi connectivity index (χ4v) is 5.45. The third-order valence-electron chi connectivity index (χ3n) is 5.43. The van der Waals surface area contributed by atoms with Crippen molar-refractivity contribution in [3.05, 3.63) is 57.6 Å². The molecule has 1 saturated heterocycles. The van der Waals surface area contributed by atoms with Gasteiger partial charge < -0.3 is 9.52 Å². The van der Waals surface area contributed by atoms with Crippen molar-refractivity contribution in [2.45, 2.75) is 25.8 Å². The number of halogens is 1. The number of thiazole rings is 1. The van der Waals surface area contributed by atoms with Gasteiger partial charge in [0.05, 0.1) is 17.2 Å². The van der Waals surface area contributed by atoms with E-state index in [1.807, 2.05) is 6.07 Å². The van der Waals surface area contributed by atoms with Crippen LogP contribution in [0.4, 0.5) is 0 Å². The second-order valence-electron chi connectivity index (χ2n) is 7.59. The van der Waals surface area contributed by atoms with E-state index < -0.39 is 0 Å². The van der Waals surface area contributed by atoms with Crippen molar-refractivity contribution in [1.29, 1.82) is 0 Å². The van der Waals surface area contributed by atoms with Crippen LogP contribution in [0.15, 0.2) is 51.6 Å².